The summed E-state index contributed by atoms with van der Waals surface area (Å²) in [5.41, 5.74) is -0.187. The monoisotopic (exact) mass is 310 g/mol. The maximum Gasteiger partial charge on any atom is 0.348 e. The molecule has 0 radical (unpaired) electrons. The lowest BCUT2D eigenvalue weighted by molar-refractivity contribution is 0.101. The lowest BCUT2D eigenvalue weighted by atomic mass is 10.1. The third kappa shape index (κ3) is 2.57. The molecule has 0 bridgehead atoms. The van der Waals surface area contributed by atoms with Crippen LogP contribution in [0.4, 0.5) is 0 Å². The first-order chi connectivity index (χ1) is 11.2. The standard InChI is InChI=1S/C18H14O5/c1-21-13-9-8-12-10-14(16(19)11-6-4-3-5-7-11)23-18(20)15(12)17(13)22-2/h3-10H,1-2H3. The summed E-state index contributed by atoms with van der Waals surface area (Å²) in [6.07, 6.45) is 0. The topological polar surface area (TPSA) is 65.7 Å². The van der Waals surface area contributed by atoms with Crippen molar-refractivity contribution < 1.29 is 18.7 Å². The minimum absolute atomic E-state index is 0.0130. The molecule has 5 heteroatoms. The van der Waals surface area contributed by atoms with Gasteiger partial charge in [-0.3, -0.25) is 4.79 Å². The van der Waals surface area contributed by atoms with E-state index >= 15 is 0 Å². The van der Waals surface area contributed by atoms with Crippen molar-refractivity contribution in [3.05, 3.63) is 70.3 Å². The number of rotatable bonds is 4. The van der Waals surface area contributed by atoms with Crippen molar-refractivity contribution in [1.82, 2.24) is 0 Å². The molecule has 116 valence electrons. The van der Waals surface area contributed by atoms with Crippen molar-refractivity contribution in [1.29, 1.82) is 0 Å². The molecule has 23 heavy (non-hydrogen) atoms. The second-order valence-corrected chi connectivity index (χ2v) is 4.86. The number of hydrogen-bond donors (Lipinski definition) is 0. The molecule has 3 rings (SSSR count). The van der Waals surface area contributed by atoms with Crippen LogP contribution in [-0.4, -0.2) is 20.0 Å². The van der Waals surface area contributed by atoms with Crippen molar-refractivity contribution in [3.63, 3.8) is 0 Å². The summed E-state index contributed by atoms with van der Waals surface area (Å²) in [5, 5.41) is 0.801. The Morgan fingerprint density at radius 1 is 1.00 bits per heavy atom. The predicted molar refractivity (Wildman–Crippen MR) is 85.5 cm³/mol. The third-order valence-corrected chi connectivity index (χ3v) is 3.53. The van der Waals surface area contributed by atoms with Crippen LogP contribution in [0, 0.1) is 0 Å². The van der Waals surface area contributed by atoms with Crippen LogP contribution < -0.4 is 15.1 Å². The molecule has 0 aliphatic heterocycles. The zero-order valence-electron chi connectivity index (χ0n) is 12.7. The molecule has 0 saturated carbocycles. The Morgan fingerprint density at radius 3 is 2.39 bits per heavy atom. The van der Waals surface area contributed by atoms with Crippen molar-refractivity contribution in [2.75, 3.05) is 14.2 Å². The molecule has 2 aromatic carbocycles. The smallest absolute Gasteiger partial charge is 0.348 e. The molecule has 0 aliphatic carbocycles. The number of benzene rings is 2. The van der Waals surface area contributed by atoms with Crippen molar-refractivity contribution in [3.8, 4) is 11.5 Å². The van der Waals surface area contributed by atoms with Crippen molar-refractivity contribution in [2.24, 2.45) is 0 Å². The molecule has 0 spiro atoms. The molecule has 5 nitrogen and oxygen atoms in total. The van der Waals surface area contributed by atoms with E-state index in [-0.39, 0.29) is 22.7 Å². The minimum atomic E-state index is -0.641. The van der Waals surface area contributed by atoms with E-state index in [4.69, 9.17) is 13.9 Å². The van der Waals surface area contributed by atoms with Crippen LogP contribution in [0.3, 0.4) is 0 Å². The molecule has 0 amide bonds. The van der Waals surface area contributed by atoms with Gasteiger partial charge in [-0.05, 0) is 17.5 Å². The van der Waals surface area contributed by atoms with E-state index < -0.39 is 5.63 Å². The van der Waals surface area contributed by atoms with E-state index in [0.717, 1.165) is 0 Å². The number of carbonyl (C=O) groups is 1. The van der Waals surface area contributed by atoms with Gasteiger partial charge in [-0.15, -0.1) is 0 Å². The van der Waals surface area contributed by atoms with Gasteiger partial charge in [0.1, 0.15) is 5.39 Å². The fraction of sp³-hybridized carbons (Fsp3) is 0.111. The van der Waals surface area contributed by atoms with E-state index in [9.17, 15) is 9.59 Å². The van der Waals surface area contributed by atoms with Gasteiger partial charge >= 0.3 is 5.63 Å². The van der Waals surface area contributed by atoms with Gasteiger partial charge in [0.05, 0.1) is 14.2 Å². The molecular weight excluding hydrogens is 296 g/mol. The number of methoxy groups -OCH3 is 2. The maximum absolute atomic E-state index is 12.4. The van der Waals surface area contributed by atoms with Gasteiger partial charge in [0.25, 0.3) is 0 Å². The van der Waals surface area contributed by atoms with Crippen molar-refractivity contribution >= 4 is 16.6 Å². The SMILES string of the molecule is COc1ccc2cc(C(=O)c3ccccc3)oc(=O)c2c1OC. The first kappa shape index (κ1) is 14.8. The highest BCUT2D eigenvalue weighted by atomic mass is 16.5. The number of ether oxygens (including phenoxy) is 2. The molecule has 0 unspecified atom stereocenters. The first-order valence-corrected chi connectivity index (χ1v) is 6.94. The highest BCUT2D eigenvalue weighted by Gasteiger charge is 2.18. The van der Waals surface area contributed by atoms with Gasteiger partial charge in [-0.1, -0.05) is 36.4 Å². The van der Waals surface area contributed by atoms with Crippen LogP contribution >= 0.6 is 0 Å². The normalized spacial score (nSPS) is 10.5. The van der Waals surface area contributed by atoms with Crippen LogP contribution in [-0.2, 0) is 0 Å². The van der Waals surface area contributed by atoms with Gasteiger partial charge in [0.15, 0.2) is 17.3 Å². The molecule has 0 saturated heterocycles. The Bertz CT molecular complexity index is 925. The lowest BCUT2D eigenvalue weighted by Crippen LogP contribution is -2.09. The summed E-state index contributed by atoms with van der Waals surface area (Å²) in [7, 11) is 2.93. The predicted octanol–water partition coefficient (Wildman–Crippen LogP) is 3.04. The highest BCUT2D eigenvalue weighted by molar-refractivity contribution is 6.08. The zero-order valence-corrected chi connectivity index (χ0v) is 12.7. The largest absolute Gasteiger partial charge is 0.493 e. The lowest BCUT2D eigenvalue weighted by Gasteiger charge is -2.10. The van der Waals surface area contributed by atoms with E-state index in [1.807, 2.05) is 6.07 Å². The Kier molecular flexibility index (Phi) is 3.85. The molecule has 0 atom stereocenters. The molecule has 1 aromatic heterocycles. The van der Waals surface area contributed by atoms with Gasteiger partial charge < -0.3 is 13.9 Å². The van der Waals surface area contributed by atoms with Gasteiger partial charge in [0.2, 0.25) is 5.78 Å². The molecule has 1 heterocycles. The van der Waals surface area contributed by atoms with Crippen LogP contribution in [0.5, 0.6) is 11.5 Å². The number of fused-ring (bicyclic) bond motifs is 1. The summed E-state index contributed by atoms with van der Waals surface area (Å²) >= 11 is 0. The van der Waals surface area contributed by atoms with E-state index in [0.29, 0.717) is 16.7 Å². The third-order valence-electron chi connectivity index (χ3n) is 3.53. The van der Waals surface area contributed by atoms with Crippen molar-refractivity contribution in [2.45, 2.75) is 0 Å². The Labute approximate surface area is 132 Å². The average Bonchev–Trinajstić information content (AvgIpc) is 2.60. The van der Waals surface area contributed by atoms with E-state index in [1.165, 1.54) is 20.3 Å². The van der Waals surface area contributed by atoms with E-state index in [1.54, 1.807) is 36.4 Å². The number of ketones is 1. The van der Waals surface area contributed by atoms with Crippen LogP contribution in [0.25, 0.3) is 10.8 Å². The van der Waals surface area contributed by atoms with Crippen LogP contribution in [0.1, 0.15) is 16.1 Å². The summed E-state index contributed by atoms with van der Waals surface area (Å²) in [4.78, 5) is 24.8. The quantitative estimate of drug-likeness (QED) is 0.693. The van der Waals surface area contributed by atoms with Crippen LogP contribution in [0.2, 0.25) is 0 Å². The highest BCUT2D eigenvalue weighted by Crippen LogP contribution is 2.33. The molecule has 0 N–H and O–H groups in total. The average molecular weight is 310 g/mol. The fourth-order valence-electron chi connectivity index (χ4n) is 2.44. The maximum atomic E-state index is 12.4. The summed E-state index contributed by atoms with van der Waals surface area (Å²) < 4.78 is 15.6. The molecule has 0 aliphatic rings. The van der Waals surface area contributed by atoms with Gasteiger partial charge in [0, 0.05) is 5.56 Å². The Balaban J connectivity index is 2.20. The summed E-state index contributed by atoms with van der Waals surface area (Å²) in [6, 6.07) is 13.5. The zero-order chi connectivity index (χ0) is 16.4. The number of carbonyl (C=O) groups excluding carboxylic acids is 1. The Hall–Kier alpha value is -3.08. The van der Waals surface area contributed by atoms with Gasteiger partial charge in [-0.25, -0.2) is 4.79 Å². The Morgan fingerprint density at radius 2 is 1.74 bits per heavy atom. The molecule has 3 aromatic rings. The van der Waals surface area contributed by atoms with E-state index in [2.05, 4.69) is 0 Å². The second kappa shape index (κ2) is 5.96. The van der Waals surface area contributed by atoms with Crippen LogP contribution in [0.15, 0.2) is 57.7 Å². The van der Waals surface area contributed by atoms with Gasteiger partial charge in [-0.2, -0.15) is 0 Å². The summed E-state index contributed by atoms with van der Waals surface area (Å²) in [6.45, 7) is 0. The first-order valence-electron chi connectivity index (χ1n) is 6.94. The molecule has 0 fully saturated rings. The molecular formula is C18H14O5. The fourth-order valence-corrected chi connectivity index (χ4v) is 2.44. The second-order valence-electron chi connectivity index (χ2n) is 4.86. The number of hydrogen-bond acceptors (Lipinski definition) is 5. The minimum Gasteiger partial charge on any atom is -0.493 e. The summed E-state index contributed by atoms with van der Waals surface area (Å²) in [5.74, 6) is 0.354.